The van der Waals surface area contributed by atoms with Crippen molar-refractivity contribution in [3.05, 3.63) is 84.8 Å². The van der Waals surface area contributed by atoms with Crippen LogP contribution in [0.4, 0.5) is 5.69 Å². The number of pyridine rings is 1. The number of thiophene rings is 1. The van der Waals surface area contributed by atoms with Crippen molar-refractivity contribution in [2.24, 2.45) is 0 Å². The number of methoxy groups -OCH3 is 1. The molecule has 0 saturated carbocycles. The Morgan fingerprint density at radius 2 is 2.03 bits per heavy atom. The summed E-state index contributed by atoms with van der Waals surface area (Å²) in [6.07, 6.45) is 1.48. The van der Waals surface area contributed by atoms with E-state index in [4.69, 9.17) is 16.3 Å². The van der Waals surface area contributed by atoms with Gasteiger partial charge in [-0.2, -0.15) is 0 Å². The summed E-state index contributed by atoms with van der Waals surface area (Å²) in [5.41, 5.74) is -0.200. The Labute approximate surface area is 185 Å². The van der Waals surface area contributed by atoms with E-state index in [0.29, 0.717) is 22.0 Å². The Kier molecular flexibility index (Phi) is 5.88. The Bertz CT molecular complexity index is 1380. The second-order valence-electron chi connectivity index (χ2n) is 6.61. The van der Waals surface area contributed by atoms with E-state index >= 15 is 0 Å². The molecule has 1 N–H and O–H groups in total. The van der Waals surface area contributed by atoms with E-state index in [1.807, 2.05) is 17.5 Å². The predicted molar refractivity (Wildman–Crippen MR) is 120 cm³/mol. The first kappa shape index (κ1) is 20.8. The molecular weight excluding hydrogens is 440 g/mol. The van der Waals surface area contributed by atoms with Gasteiger partial charge in [0.25, 0.3) is 5.56 Å². The number of nitrogens with zero attached hydrogens (tertiary/aromatic N) is 3. The number of benzene rings is 1. The number of aromatic nitrogens is 3. The van der Waals surface area contributed by atoms with Crippen molar-refractivity contribution in [1.82, 2.24) is 14.1 Å². The number of ether oxygens (including phenoxy) is 1. The fourth-order valence-corrected chi connectivity index (χ4v) is 4.13. The standard InChI is InChI=1S/C21H17ClN4O4S/c1-30-17-7-6-13(10-15(17)22)24-18(27)12-25-16-5-2-8-23-19(16)20(28)26(21(25)29)11-14-4-3-9-31-14/h2-10H,11-12H2,1H3,(H,24,27). The molecule has 3 heterocycles. The smallest absolute Gasteiger partial charge is 0.332 e. The Hall–Kier alpha value is -3.43. The summed E-state index contributed by atoms with van der Waals surface area (Å²) < 4.78 is 7.45. The van der Waals surface area contributed by atoms with E-state index in [2.05, 4.69) is 10.3 Å². The molecule has 0 aliphatic heterocycles. The summed E-state index contributed by atoms with van der Waals surface area (Å²) in [6, 6.07) is 11.7. The molecule has 0 aliphatic carbocycles. The van der Waals surface area contributed by atoms with Crippen LogP contribution in [0.1, 0.15) is 4.88 Å². The third-order valence-corrected chi connectivity index (χ3v) is 5.77. The quantitative estimate of drug-likeness (QED) is 0.481. The van der Waals surface area contributed by atoms with Crippen molar-refractivity contribution in [3.63, 3.8) is 0 Å². The van der Waals surface area contributed by atoms with Crippen molar-refractivity contribution >= 4 is 45.6 Å². The molecule has 158 valence electrons. The lowest BCUT2D eigenvalue weighted by Gasteiger charge is -2.13. The normalized spacial score (nSPS) is 10.9. The topological polar surface area (TPSA) is 95.2 Å². The molecule has 0 atom stereocenters. The second kappa shape index (κ2) is 8.75. The Morgan fingerprint density at radius 3 is 2.74 bits per heavy atom. The predicted octanol–water partition coefficient (Wildman–Crippen LogP) is 2.97. The molecule has 0 unspecified atom stereocenters. The molecule has 0 aliphatic rings. The summed E-state index contributed by atoms with van der Waals surface area (Å²) in [5.74, 6) is 0.0309. The van der Waals surface area contributed by atoms with Crippen LogP contribution in [0.5, 0.6) is 5.75 Å². The number of amides is 1. The lowest BCUT2D eigenvalue weighted by atomic mass is 10.3. The fraction of sp³-hybridized carbons (Fsp3) is 0.143. The maximum atomic E-state index is 13.1. The molecule has 0 fully saturated rings. The zero-order valence-corrected chi connectivity index (χ0v) is 17.9. The van der Waals surface area contributed by atoms with E-state index in [1.54, 1.807) is 30.3 Å². The second-order valence-corrected chi connectivity index (χ2v) is 8.05. The highest BCUT2D eigenvalue weighted by Crippen LogP contribution is 2.27. The van der Waals surface area contributed by atoms with Gasteiger partial charge in [-0.25, -0.2) is 9.78 Å². The van der Waals surface area contributed by atoms with Crippen molar-refractivity contribution in [1.29, 1.82) is 0 Å². The van der Waals surface area contributed by atoms with Gasteiger partial charge in [-0.3, -0.25) is 18.7 Å². The highest BCUT2D eigenvalue weighted by molar-refractivity contribution is 7.09. The van der Waals surface area contributed by atoms with Gasteiger partial charge in [0.1, 0.15) is 12.3 Å². The van der Waals surface area contributed by atoms with Gasteiger partial charge in [0, 0.05) is 16.8 Å². The zero-order chi connectivity index (χ0) is 22.0. The van der Waals surface area contributed by atoms with E-state index < -0.39 is 17.2 Å². The third-order valence-electron chi connectivity index (χ3n) is 4.62. The van der Waals surface area contributed by atoms with Gasteiger partial charge in [-0.05, 0) is 41.8 Å². The first-order valence-electron chi connectivity index (χ1n) is 9.22. The van der Waals surface area contributed by atoms with Gasteiger partial charge in [0.2, 0.25) is 5.91 Å². The average molecular weight is 457 g/mol. The zero-order valence-electron chi connectivity index (χ0n) is 16.4. The van der Waals surface area contributed by atoms with Crippen LogP contribution in [0.2, 0.25) is 5.02 Å². The minimum Gasteiger partial charge on any atom is -0.495 e. The van der Waals surface area contributed by atoms with E-state index in [1.165, 1.54) is 29.2 Å². The van der Waals surface area contributed by atoms with E-state index in [-0.39, 0.29) is 18.6 Å². The van der Waals surface area contributed by atoms with E-state index in [9.17, 15) is 14.4 Å². The van der Waals surface area contributed by atoms with Crippen molar-refractivity contribution < 1.29 is 9.53 Å². The van der Waals surface area contributed by atoms with Crippen LogP contribution in [-0.4, -0.2) is 27.1 Å². The summed E-state index contributed by atoms with van der Waals surface area (Å²) in [7, 11) is 1.50. The van der Waals surface area contributed by atoms with Gasteiger partial charge < -0.3 is 10.1 Å². The Morgan fingerprint density at radius 1 is 1.19 bits per heavy atom. The van der Waals surface area contributed by atoms with Gasteiger partial charge in [-0.15, -0.1) is 11.3 Å². The van der Waals surface area contributed by atoms with Crippen LogP contribution in [0, 0.1) is 0 Å². The van der Waals surface area contributed by atoms with Crippen LogP contribution in [0.15, 0.2) is 63.6 Å². The van der Waals surface area contributed by atoms with Crippen molar-refractivity contribution in [3.8, 4) is 5.75 Å². The summed E-state index contributed by atoms with van der Waals surface area (Å²) >= 11 is 7.54. The lowest BCUT2D eigenvalue weighted by Crippen LogP contribution is -2.42. The van der Waals surface area contributed by atoms with Gasteiger partial charge in [0.15, 0.2) is 5.52 Å². The lowest BCUT2D eigenvalue weighted by molar-refractivity contribution is -0.116. The van der Waals surface area contributed by atoms with Crippen LogP contribution in [0.3, 0.4) is 0 Å². The Balaban J connectivity index is 1.71. The first-order valence-corrected chi connectivity index (χ1v) is 10.5. The minimum atomic E-state index is -0.582. The van der Waals surface area contributed by atoms with Crippen LogP contribution >= 0.6 is 22.9 Å². The molecule has 1 amide bonds. The molecule has 4 aromatic rings. The number of anilines is 1. The maximum Gasteiger partial charge on any atom is 0.332 e. The van der Waals surface area contributed by atoms with Crippen LogP contribution in [0.25, 0.3) is 11.0 Å². The number of hydrogen-bond acceptors (Lipinski definition) is 6. The average Bonchev–Trinajstić information content (AvgIpc) is 3.28. The van der Waals surface area contributed by atoms with E-state index in [0.717, 1.165) is 9.44 Å². The number of hydrogen-bond donors (Lipinski definition) is 1. The van der Waals surface area contributed by atoms with Crippen LogP contribution in [-0.2, 0) is 17.9 Å². The highest BCUT2D eigenvalue weighted by Gasteiger charge is 2.17. The minimum absolute atomic E-state index is 0.109. The van der Waals surface area contributed by atoms with Crippen molar-refractivity contribution in [2.75, 3.05) is 12.4 Å². The molecule has 3 aromatic heterocycles. The largest absolute Gasteiger partial charge is 0.495 e. The molecule has 10 heteroatoms. The molecule has 1 aromatic carbocycles. The number of nitrogens with one attached hydrogen (secondary N) is 1. The number of carbonyl (C=O) groups excluding carboxylic acids is 1. The fourth-order valence-electron chi connectivity index (χ4n) is 3.18. The molecule has 8 nitrogen and oxygen atoms in total. The van der Waals surface area contributed by atoms with Crippen LogP contribution < -0.4 is 21.3 Å². The summed E-state index contributed by atoms with van der Waals surface area (Å²) in [6.45, 7) is -0.188. The third kappa shape index (κ3) is 4.23. The van der Waals surface area contributed by atoms with Gasteiger partial charge >= 0.3 is 5.69 Å². The number of fused-ring (bicyclic) bond motifs is 1. The number of rotatable bonds is 6. The molecule has 0 saturated heterocycles. The maximum absolute atomic E-state index is 13.1. The monoisotopic (exact) mass is 456 g/mol. The SMILES string of the molecule is COc1ccc(NC(=O)Cn2c(=O)n(Cc3cccs3)c(=O)c3ncccc32)cc1Cl. The first-order chi connectivity index (χ1) is 15.0. The summed E-state index contributed by atoms with van der Waals surface area (Å²) in [5, 5.41) is 4.92. The van der Waals surface area contributed by atoms with Gasteiger partial charge in [-0.1, -0.05) is 17.7 Å². The molecule has 4 rings (SSSR count). The molecule has 0 bridgehead atoms. The van der Waals surface area contributed by atoms with Crippen molar-refractivity contribution in [2.45, 2.75) is 13.1 Å². The molecule has 31 heavy (non-hydrogen) atoms. The van der Waals surface area contributed by atoms with Gasteiger partial charge in [0.05, 0.1) is 24.2 Å². The number of halogens is 1. The molecule has 0 spiro atoms. The summed E-state index contributed by atoms with van der Waals surface area (Å²) in [4.78, 5) is 43.7. The number of carbonyl (C=O) groups is 1. The highest BCUT2D eigenvalue weighted by atomic mass is 35.5. The molecule has 0 radical (unpaired) electrons. The molecular formula is C21H17ClN4O4S.